The van der Waals surface area contributed by atoms with Crippen molar-refractivity contribution >= 4 is 43.1 Å². The Morgan fingerprint density at radius 3 is 1.61 bits per heavy atom. The summed E-state index contributed by atoms with van der Waals surface area (Å²) >= 11 is 0. The molecule has 0 saturated heterocycles. The van der Waals surface area contributed by atoms with Gasteiger partial charge in [0.05, 0.1) is 0 Å². The van der Waals surface area contributed by atoms with Crippen LogP contribution in [0.5, 0.6) is 0 Å². The summed E-state index contributed by atoms with van der Waals surface area (Å²) in [6.07, 6.45) is 5.08. The van der Waals surface area contributed by atoms with Gasteiger partial charge < -0.3 is 14.4 Å². The molecule has 0 radical (unpaired) electrons. The van der Waals surface area contributed by atoms with E-state index in [9.17, 15) is 25.9 Å². The normalized spacial score (nSPS) is 15.6. The van der Waals surface area contributed by atoms with E-state index in [0.717, 1.165) is 5.56 Å². The molecule has 3 aromatic carbocycles. The van der Waals surface area contributed by atoms with Gasteiger partial charge in [0, 0.05) is 28.3 Å². The van der Waals surface area contributed by atoms with Gasteiger partial charge in [-0.15, -0.1) is 0 Å². The Kier molecular flexibility index (Phi) is 8.61. The molecule has 0 saturated carbocycles. The zero-order chi connectivity index (χ0) is 24.1. The van der Waals surface area contributed by atoms with E-state index in [1.165, 1.54) is 18.3 Å². The third-order valence-corrected chi connectivity index (χ3v) is 8.85. The molecule has 0 fully saturated rings. The van der Waals surface area contributed by atoms with Crippen LogP contribution in [0, 0.1) is 0 Å². The molecule has 1 N–H and O–H groups in total. The second-order valence-electron chi connectivity index (χ2n) is 7.69. The van der Waals surface area contributed by atoms with Gasteiger partial charge in [-0.3, -0.25) is 0 Å². The van der Waals surface area contributed by atoms with Crippen molar-refractivity contribution in [3.63, 3.8) is 0 Å². The molecule has 0 unspecified atom stereocenters. The van der Waals surface area contributed by atoms with Gasteiger partial charge >= 0.3 is 59.1 Å². The number of quaternary nitrogens is 1. The second kappa shape index (κ2) is 10.7. The Hall–Kier alpha value is -1.54. The van der Waals surface area contributed by atoms with Crippen molar-refractivity contribution in [3.8, 4) is 0 Å². The van der Waals surface area contributed by atoms with Gasteiger partial charge in [-0.05, 0) is 28.8 Å². The van der Waals surface area contributed by atoms with Crippen LogP contribution in [0.4, 0.5) is 11.4 Å². The smallest absolute Gasteiger partial charge is 0.700 e. The maximum atomic E-state index is 12.5. The summed E-state index contributed by atoms with van der Waals surface area (Å²) in [6, 6.07) is 21.3. The number of fused-ring (bicyclic) bond motifs is 3. The Labute approximate surface area is 253 Å². The van der Waals surface area contributed by atoms with Crippen LogP contribution in [0.1, 0.15) is 11.1 Å². The molecule has 2 aliphatic heterocycles. The summed E-state index contributed by atoms with van der Waals surface area (Å²) in [6.45, 7) is 0. The van der Waals surface area contributed by atoms with Gasteiger partial charge in [0.1, 0.15) is 11.9 Å². The van der Waals surface area contributed by atoms with Crippen LogP contribution in [-0.2, 0) is 20.6 Å². The largest absolute Gasteiger partial charge is 1.00 e. The first-order valence-corrected chi connectivity index (χ1v) is 12.8. The molecule has 3 aromatic rings. The van der Waals surface area contributed by atoms with E-state index < -0.39 is 29.6 Å². The number of allylic oxidation sites excluding steroid dienone is 2. The van der Waals surface area contributed by atoms with Crippen LogP contribution in [-0.4, -0.2) is 25.9 Å². The summed E-state index contributed by atoms with van der Waals surface area (Å²) in [5.74, 6) is 0. The third-order valence-electron chi connectivity index (χ3n) is 5.82. The molecule has 2 heterocycles. The van der Waals surface area contributed by atoms with Crippen molar-refractivity contribution in [2.45, 2.75) is 0 Å². The van der Waals surface area contributed by atoms with E-state index in [4.69, 9.17) is 0 Å². The monoisotopic (exact) mass is 539 g/mol. The van der Waals surface area contributed by atoms with E-state index in [0.29, 0.717) is 28.1 Å². The van der Waals surface area contributed by atoms with E-state index in [1.807, 2.05) is 30.3 Å². The predicted octanol–water partition coefficient (Wildman–Crippen LogP) is -4.21. The fraction of sp³-hybridized carbons (Fsp3) is 0. The summed E-state index contributed by atoms with van der Waals surface area (Å²) in [7, 11) is -11.5. The van der Waals surface area contributed by atoms with Gasteiger partial charge in [0.25, 0.3) is 20.6 Å². The molecule has 36 heavy (non-hydrogen) atoms. The maximum absolute atomic E-state index is 12.5. The van der Waals surface area contributed by atoms with Crippen molar-refractivity contribution in [2.24, 2.45) is 0 Å². The molecule has 2 aliphatic rings. The Morgan fingerprint density at radius 2 is 1.11 bits per heavy atom. The number of nitrogens with zero attached hydrogens (tertiary/aromatic N) is 1. The second-order valence-corrected chi connectivity index (χ2v) is 10.8. The summed E-state index contributed by atoms with van der Waals surface area (Å²) in [5, 5.41) is 3.48. The molecule has 0 bridgehead atoms. The first-order chi connectivity index (χ1) is 16.1. The third kappa shape index (κ3) is 4.61. The number of hydrogen-bond acceptors (Lipinski definition) is 7. The molecule has 0 atom stereocenters. The quantitative estimate of drug-likeness (QED) is 0.202. The fourth-order valence-electron chi connectivity index (χ4n) is 4.36. The van der Waals surface area contributed by atoms with Crippen LogP contribution in [0.15, 0.2) is 97.3 Å². The summed E-state index contributed by atoms with van der Waals surface area (Å²) < 4.78 is 72.7. The predicted molar refractivity (Wildman–Crippen MR) is 127 cm³/mol. The number of anilines is 1. The van der Waals surface area contributed by atoms with E-state index in [-0.39, 0.29) is 70.0 Å². The van der Waals surface area contributed by atoms with E-state index in [2.05, 4.69) is 5.32 Å². The van der Waals surface area contributed by atoms with Crippen LogP contribution in [0.25, 0.3) is 11.1 Å². The van der Waals surface area contributed by atoms with Gasteiger partial charge in [-0.2, -0.15) is 16.8 Å². The number of rotatable bonds is 4. The van der Waals surface area contributed by atoms with Crippen molar-refractivity contribution in [2.75, 3.05) is 5.32 Å². The van der Waals surface area contributed by atoms with Gasteiger partial charge in [0.2, 0.25) is 0 Å². The Bertz CT molecular complexity index is 1690. The van der Waals surface area contributed by atoms with Gasteiger partial charge in [0.15, 0.2) is 5.69 Å². The Balaban J connectivity index is 0.00000180. The summed E-state index contributed by atoms with van der Waals surface area (Å²) in [4.78, 5) is 0. The Morgan fingerprint density at radius 1 is 0.639 bits per heavy atom. The van der Waals surface area contributed by atoms with E-state index >= 15 is 0 Å². The van der Waals surface area contributed by atoms with Gasteiger partial charge in [-0.1, -0.05) is 70.0 Å². The maximum Gasteiger partial charge on any atom is 1.00 e. The first kappa shape index (κ1) is 29.0. The van der Waals surface area contributed by atoms with Gasteiger partial charge in [-0.25, -0.2) is 0 Å². The van der Waals surface area contributed by atoms with Crippen LogP contribution < -0.4 is 78.2 Å². The molecular formula is C24H17N2Na2O6S2+. The van der Waals surface area contributed by atoms with E-state index in [1.54, 1.807) is 42.5 Å². The minimum atomic E-state index is -5.77. The molecule has 0 amide bonds. The first-order valence-electron chi connectivity index (χ1n) is 10.1. The molecule has 8 nitrogen and oxygen atoms in total. The number of hydrogen-bond donors (Lipinski definition) is 1. The number of benzene rings is 3. The van der Waals surface area contributed by atoms with Crippen molar-refractivity contribution < 1.29 is 85.1 Å². The van der Waals surface area contributed by atoms with Crippen LogP contribution in [0.2, 0.25) is 0 Å². The topological polar surface area (TPSA) is 126 Å². The van der Waals surface area contributed by atoms with Crippen molar-refractivity contribution in [1.29, 1.82) is 0 Å². The molecule has 0 aliphatic carbocycles. The average Bonchev–Trinajstić information content (AvgIpc) is 2.82. The molecular weight excluding hydrogens is 522 g/mol. The van der Waals surface area contributed by atoms with Crippen LogP contribution in [0.3, 0.4) is 0 Å². The molecule has 5 rings (SSSR count). The molecule has 0 spiro atoms. The average molecular weight is 540 g/mol. The van der Waals surface area contributed by atoms with Crippen LogP contribution >= 0.6 is 0 Å². The van der Waals surface area contributed by atoms with Crippen molar-refractivity contribution in [1.82, 2.24) is 3.29 Å². The zero-order valence-electron chi connectivity index (χ0n) is 19.5. The fourth-order valence-corrected chi connectivity index (χ4v) is 6.50. The molecule has 0 aromatic heterocycles. The summed E-state index contributed by atoms with van der Waals surface area (Å²) in [5.41, 5.74) is 2.17. The number of nitrogens with one attached hydrogen (secondary N) is 1. The molecule has 172 valence electrons. The standard InChI is InChI=1S/C24H18N2O6S2.2Na/c27-33(28,29)26(34(30,31)32)16-14-20(18-9-5-2-6-10-18)22-12-11-21-19(17-7-3-1-4-8-17)13-15-25-23(21)24(22)26;;/h1-16,25H,(H-,27,28,29,30,31,32);;/q;2*+1/p-1. The van der Waals surface area contributed by atoms with Crippen molar-refractivity contribution in [3.05, 3.63) is 119 Å². The zero-order valence-corrected chi connectivity index (χ0v) is 25.1. The SMILES string of the molecule is O=S(=O)([O-])[N+]1(S(=O)(=O)[O-])C=CC(c2ccccc2)=c2ccc3c(c21)NC=CC=3c1ccccc1.[Na+].[Na+]. The minimum Gasteiger partial charge on any atom is -0.700 e. The molecule has 12 heteroatoms. The minimum absolute atomic E-state index is 0.